The number of hydrogen-bond donors (Lipinski definition) is 3. The van der Waals surface area contributed by atoms with E-state index in [0.29, 0.717) is 17.3 Å². The minimum atomic E-state index is -3.50. The first-order valence-electron chi connectivity index (χ1n) is 7.36. The number of pyridine rings is 1. The largest absolute Gasteiger partial charge is 0.340 e. The van der Waals surface area contributed by atoms with Crippen molar-refractivity contribution >= 4 is 33.0 Å². The fourth-order valence-corrected chi connectivity index (χ4v) is 2.86. The number of sulfonamides is 1. The normalized spacial score (nSPS) is 11.1. The zero-order valence-corrected chi connectivity index (χ0v) is 14.2. The van der Waals surface area contributed by atoms with Crippen LogP contribution in [0.3, 0.4) is 0 Å². The average Bonchev–Trinajstić information content (AvgIpc) is 2.63. The summed E-state index contributed by atoms with van der Waals surface area (Å²) in [6, 6.07) is 11.8. The lowest BCUT2D eigenvalue weighted by Gasteiger charge is -2.10. The summed E-state index contributed by atoms with van der Waals surface area (Å²) in [5.74, 6) is 1.13. The molecule has 3 aromatic rings. The van der Waals surface area contributed by atoms with Gasteiger partial charge >= 0.3 is 0 Å². The maximum Gasteiger partial charge on any atom is 0.240 e. The highest BCUT2D eigenvalue weighted by molar-refractivity contribution is 7.89. The molecule has 0 amide bonds. The van der Waals surface area contributed by atoms with Gasteiger partial charge in [0.1, 0.15) is 18.0 Å². The maximum absolute atomic E-state index is 11.9. The third-order valence-electron chi connectivity index (χ3n) is 3.31. The smallest absolute Gasteiger partial charge is 0.240 e. The van der Waals surface area contributed by atoms with Gasteiger partial charge in [-0.2, -0.15) is 0 Å². The summed E-state index contributed by atoms with van der Waals surface area (Å²) >= 11 is 0. The lowest BCUT2D eigenvalue weighted by atomic mass is 10.3. The first-order chi connectivity index (χ1) is 12.1. The lowest BCUT2D eigenvalue weighted by molar-refractivity contribution is 0.588. The molecule has 2 aromatic heterocycles. The second kappa shape index (κ2) is 7.24. The van der Waals surface area contributed by atoms with Crippen molar-refractivity contribution in [2.24, 2.45) is 0 Å². The second-order valence-corrected chi connectivity index (χ2v) is 6.90. The van der Waals surface area contributed by atoms with Crippen LogP contribution in [0.2, 0.25) is 0 Å². The summed E-state index contributed by atoms with van der Waals surface area (Å²) in [4.78, 5) is 12.4. The van der Waals surface area contributed by atoms with Crippen molar-refractivity contribution in [3.05, 3.63) is 61.2 Å². The van der Waals surface area contributed by atoms with E-state index in [1.165, 1.54) is 25.5 Å². The quantitative estimate of drug-likeness (QED) is 0.621. The Hall–Kier alpha value is -3.04. The number of rotatable bonds is 6. The van der Waals surface area contributed by atoms with Crippen molar-refractivity contribution in [2.75, 3.05) is 17.7 Å². The predicted molar refractivity (Wildman–Crippen MR) is 95.5 cm³/mol. The van der Waals surface area contributed by atoms with Crippen LogP contribution in [-0.4, -0.2) is 30.4 Å². The Morgan fingerprint density at radius 1 is 0.880 bits per heavy atom. The highest BCUT2D eigenvalue weighted by Gasteiger charge is 2.11. The van der Waals surface area contributed by atoms with E-state index >= 15 is 0 Å². The van der Waals surface area contributed by atoms with Gasteiger partial charge in [-0.15, -0.1) is 0 Å². The van der Waals surface area contributed by atoms with Gasteiger partial charge in [-0.1, -0.05) is 6.07 Å². The first kappa shape index (κ1) is 16.8. The van der Waals surface area contributed by atoms with Crippen molar-refractivity contribution in [2.45, 2.75) is 4.90 Å². The highest BCUT2D eigenvalue weighted by Crippen LogP contribution is 2.21. The zero-order chi connectivity index (χ0) is 17.7. The molecule has 0 spiro atoms. The van der Waals surface area contributed by atoms with Crippen molar-refractivity contribution < 1.29 is 8.42 Å². The predicted octanol–water partition coefficient (Wildman–Crippen LogP) is 2.27. The fraction of sp³-hybridized carbons (Fsp3) is 0.0625. The van der Waals surface area contributed by atoms with Crippen LogP contribution in [0.15, 0.2) is 66.1 Å². The fourth-order valence-electron chi connectivity index (χ4n) is 2.08. The van der Waals surface area contributed by atoms with Crippen LogP contribution in [0.4, 0.5) is 23.0 Å². The van der Waals surface area contributed by atoms with E-state index in [2.05, 4.69) is 30.3 Å². The standard InChI is InChI=1S/C16H16N6O2S/c1-17-25(23,24)14-4-2-3-13(9-14)22-16-10-15(19-11-20-16)21-12-5-7-18-8-6-12/h2-11,17H,1H3,(H2,18,19,20,21,22). The Morgan fingerprint density at radius 2 is 1.56 bits per heavy atom. The molecular formula is C16H16N6O2S. The van der Waals surface area contributed by atoms with E-state index in [0.717, 1.165) is 5.69 Å². The second-order valence-electron chi connectivity index (χ2n) is 5.01. The molecular weight excluding hydrogens is 340 g/mol. The summed E-state index contributed by atoms with van der Waals surface area (Å²) in [5, 5.41) is 6.21. The van der Waals surface area contributed by atoms with Crippen molar-refractivity contribution in [3.63, 3.8) is 0 Å². The lowest BCUT2D eigenvalue weighted by Crippen LogP contribution is -2.18. The molecule has 0 saturated carbocycles. The van der Waals surface area contributed by atoms with E-state index in [1.807, 2.05) is 12.1 Å². The highest BCUT2D eigenvalue weighted by atomic mass is 32.2. The monoisotopic (exact) mass is 356 g/mol. The van der Waals surface area contributed by atoms with Crippen molar-refractivity contribution in [1.82, 2.24) is 19.7 Å². The molecule has 8 nitrogen and oxygen atoms in total. The van der Waals surface area contributed by atoms with Gasteiger partial charge in [0, 0.05) is 29.8 Å². The summed E-state index contributed by atoms with van der Waals surface area (Å²) in [5.41, 5.74) is 1.45. The molecule has 0 bridgehead atoms. The van der Waals surface area contributed by atoms with Crippen LogP contribution in [0.5, 0.6) is 0 Å². The molecule has 2 heterocycles. The zero-order valence-electron chi connectivity index (χ0n) is 13.3. The van der Waals surface area contributed by atoms with Gasteiger partial charge in [-0.05, 0) is 37.4 Å². The Bertz CT molecular complexity index is 963. The maximum atomic E-state index is 11.9. The van der Waals surface area contributed by atoms with Crippen LogP contribution in [0, 0.1) is 0 Å². The van der Waals surface area contributed by atoms with Crippen LogP contribution in [0.25, 0.3) is 0 Å². The summed E-state index contributed by atoms with van der Waals surface area (Å²) < 4.78 is 26.1. The van der Waals surface area contributed by atoms with E-state index in [4.69, 9.17) is 0 Å². The Balaban J connectivity index is 1.80. The van der Waals surface area contributed by atoms with Crippen LogP contribution in [-0.2, 0) is 10.0 Å². The Labute approximate surface area is 145 Å². The number of nitrogens with one attached hydrogen (secondary N) is 3. The van der Waals surface area contributed by atoms with Gasteiger partial charge < -0.3 is 10.6 Å². The number of anilines is 4. The van der Waals surface area contributed by atoms with Gasteiger partial charge in [0.15, 0.2) is 0 Å². The molecule has 3 rings (SSSR count). The minimum Gasteiger partial charge on any atom is -0.340 e. The SMILES string of the molecule is CNS(=O)(=O)c1cccc(Nc2cc(Nc3ccncc3)ncn2)c1. The molecule has 0 saturated heterocycles. The molecule has 0 radical (unpaired) electrons. The van der Waals surface area contributed by atoms with Crippen molar-refractivity contribution in [3.8, 4) is 0 Å². The molecule has 0 aliphatic carbocycles. The third-order valence-corrected chi connectivity index (χ3v) is 4.72. The molecule has 0 aliphatic rings. The average molecular weight is 356 g/mol. The molecule has 1 aromatic carbocycles. The molecule has 9 heteroatoms. The third kappa shape index (κ3) is 4.28. The summed E-state index contributed by atoms with van der Waals surface area (Å²) in [6.07, 6.45) is 4.77. The van der Waals surface area contributed by atoms with E-state index in [-0.39, 0.29) is 4.90 Å². The van der Waals surface area contributed by atoms with Crippen LogP contribution >= 0.6 is 0 Å². The van der Waals surface area contributed by atoms with Crippen LogP contribution < -0.4 is 15.4 Å². The van der Waals surface area contributed by atoms with Gasteiger partial charge in [0.25, 0.3) is 0 Å². The van der Waals surface area contributed by atoms with Gasteiger partial charge in [0.05, 0.1) is 4.90 Å². The number of nitrogens with zero attached hydrogens (tertiary/aromatic N) is 3. The Morgan fingerprint density at radius 3 is 2.24 bits per heavy atom. The molecule has 3 N–H and O–H groups in total. The molecule has 0 fully saturated rings. The van der Waals surface area contributed by atoms with Crippen LogP contribution in [0.1, 0.15) is 0 Å². The summed E-state index contributed by atoms with van der Waals surface area (Å²) in [7, 11) is -2.13. The van der Waals surface area contributed by atoms with E-state index in [9.17, 15) is 8.42 Å². The molecule has 0 aliphatic heterocycles. The number of aromatic nitrogens is 3. The minimum absolute atomic E-state index is 0.171. The first-order valence-corrected chi connectivity index (χ1v) is 8.85. The van der Waals surface area contributed by atoms with Crippen molar-refractivity contribution in [1.29, 1.82) is 0 Å². The van der Waals surface area contributed by atoms with Gasteiger partial charge in [-0.25, -0.2) is 23.1 Å². The van der Waals surface area contributed by atoms with Gasteiger partial charge in [-0.3, -0.25) is 4.98 Å². The Kier molecular flexibility index (Phi) is 4.87. The summed E-state index contributed by atoms with van der Waals surface area (Å²) in [6.45, 7) is 0. The molecule has 128 valence electrons. The topological polar surface area (TPSA) is 109 Å². The molecule has 0 atom stereocenters. The molecule has 25 heavy (non-hydrogen) atoms. The van der Waals surface area contributed by atoms with E-state index in [1.54, 1.807) is 30.6 Å². The number of benzene rings is 1. The van der Waals surface area contributed by atoms with E-state index < -0.39 is 10.0 Å². The molecule has 0 unspecified atom stereocenters. The number of hydrogen-bond acceptors (Lipinski definition) is 7. The van der Waals surface area contributed by atoms with Gasteiger partial charge in [0.2, 0.25) is 10.0 Å².